The smallest absolute Gasteiger partial charge is 0.242 e. The molecule has 0 spiro atoms. The Bertz CT molecular complexity index is 829. The van der Waals surface area contributed by atoms with Crippen LogP contribution in [0.5, 0.6) is 5.75 Å². The Kier molecular flexibility index (Phi) is 9.57. The maximum absolute atomic E-state index is 13.3. The Balaban J connectivity index is 2.18. The van der Waals surface area contributed by atoms with Gasteiger partial charge in [-0.25, -0.2) is 0 Å². The van der Waals surface area contributed by atoms with Crippen LogP contribution in [-0.2, 0) is 22.6 Å². The Morgan fingerprint density at radius 2 is 1.61 bits per heavy atom. The van der Waals surface area contributed by atoms with E-state index in [9.17, 15) is 9.59 Å². The molecule has 5 heteroatoms. The number of nitrogens with zero attached hydrogens (tertiary/aromatic N) is 1. The lowest BCUT2D eigenvalue weighted by atomic mass is 10.0. The third kappa shape index (κ3) is 7.74. The molecule has 2 aromatic carbocycles. The zero-order valence-corrected chi connectivity index (χ0v) is 19.5. The molecule has 2 amide bonds. The fraction of sp³-hybridized carbons (Fsp3) is 0.462. The van der Waals surface area contributed by atoms with Crippen molar-refractivity contribution >= 4 is 11.8 Å². The molecule has 2 rings (SSSR count). The fourth-order valence-corrected chi connectivity index (χ4v) is 3.42. The highest BCUT2D eigenvalue weighted by Crippen LogP contribution is 2.18. The highest BCUT2D eigenvalue weighted by Gasteiger charge is 2.28. The fourth-order valence-electron chi connectivity index (χ4n) is 3.42. The van der Waals surface area contributed by atoms with E-state index < -0.39 is 6.04 Å². The molecular weight excluding hydrogens is 388 g/mol. The predicted octanol–water partition coefficient (Wildman–Crippen LogP) is 4.52. The van der Waals surface area contributed by atoms with E-state index >= 15 is 0 Å². The summed E-state index contributed by atoms with van der Waals surface area (Å²) < 4.78 is 5.23. The van der Waals surface area contributed by atoms with Gasteiger partial charge in [-0.05, 0) is 48.9 Å². The number of hydrogen-bond acceptors (Lipinski definition) is 3. The van der Waals surface area contributed by atoms with E-state index in [0.29, 0.717) is 38.3 Å². The van der Waals surface area contributed by atoms with Crippen molar-refractivity contribution in [2.75, 3.05) is 13.7 Å². The molecule has 0 aliphatic carbocycles. The third-order valence-electron chi connectivity index (χ3n) is 5.33. The molecular formula is C26H36N2O3. The number of amides is 2. The Hall–Kier alpha value is -2.82. The van der Waals surface area contributed by atoms with Crippen molar-refractivity contribution in [3.05, 3.63) is 65.2 Å². The molecule has 2 aromatic rings. The van der Waals surface area contributed by atoms with Crippen LogP contribution < -0.4 is 10.1 Å². The summed E-state index contributed by atoms with van der Waals surface area (Å²) in [6, 6.07) is 15.4. The van der Waals surface area contributed by atoms with Crippen LogP contribution in [-0.4, -0.2) is 36.4 Å². The van der Waals surface area contributed by atoms with Crippen LogP contribution in [0.15, 0.2) is 48.5 Å². The Morgan fingerprint density at radius 3 is 2.16 bits per heavy atom. The first-order valence-electron chi connectivity index (χ1n) is 11.1. The minimum absolute atomic E-state index is 0.0112. The molecule has 0 unspecified atom stereocenters. The van der Waals surface area contributed by atoms with E-state index in [1.165, 1.54) is 5.56 Å². The summed E-state index contributed by atoms with van der Waals surface area (Å²) in [6.45, 7) is 9.11. The van der Waals surface area contributed by atoms with Gasteiger partial charge in [0, 0.05) is 19.5 Å². The van der Waals surface area contributed by atoms with Crippen molar-refractivity contribution in [3.63, 3.8) is 0 Å². The molecule has 0 saturated heterocycles. The SMILES string of the molecule is CC[C@@H](C(=O)NCC(C)C)N(Cc1ccc(OC)cc1)C(=O)CCc1ccc(C)cc1. The van der Waals surface area contributed by atoms with E-state index in [1.807, 2.05) is 38.1 Å². The second-order valence-corrected chi connectivity index (χ2v) is 8.42. The first kappa shape index (κ1) is 24.4. The van der Waals surface area contributed by atoms with Crippen LogP contribution in [0.1, 0.15) is 50.3 Å². The molecule has 0 aromatic heterocycles. The van der Waals surface area contributed by atoms with Crippen LogP contribution in [0.4, 0.5) is 0 Å². The number of nitrogens with one attached hydrogen (secondary N) is 1. The van der Waals surface area contributed by atoms with Gasteiger partial charge < -0.3 is 15.0 Å². The van der Waals surface area contributed by atoms with Gasteiger partial charge in [-0.1, -0.05) is 62.7 Å². The summed E-state index contributed by atoms with van der Waals surface area (Å²) in [5.74, 6) is 1.02. The quantitative estimate of drug-likeness (QED) is 0.577. The average molecular weight is 425 g/mol. The van der Waals surface area contributed by atoms with E-state index in [0.717, 1.165) is 16.9 Å². The molecule has 5 nitrogen and oxygen atoms in total. The molecule has 0 aliphatic rings. The van der Waals surface area contributed by atoms with Crippen LogP contribution in [0.25, 0.3) is 0 Å². The highest BCUT2D eigenvalue weighted by molar-refractivity contribution is 5.87. The second-order valence-electron chi connectivity index (χ2n) is 8.42. The minimum Gasteiger partial charge on any atom is -0.497 e. The number of rotatable bonds is 11. The van der Waals surface area contributed by atoms with Crippen LogP contribution in [0.3, 0.4) is 0 Å². The number of ether oxygens (including phenoxy) is 1. The normalized spacial score (nSPS) is 11.8. The number of methoxy groups -OCH3 is 1. The molecule has 0 heterocycles. The number of benzene rings is 2. The Morgan fingerprint density at radius 1 is 1.00 bits per heavy atom. The van der Waals surface area contributed by atoms with Crippen molar-refractivity contribution < 1.29 is 14.3 Å². The predicted molar refractivity (Wildman–Crippen MR) is 125 cm³/mol. The molecule has 0 fully saturated rings. The molecule has 0 bridgehead atoms. The number of hydrogen-bond donors (Lipinski definition) is 1. The van der Waals surface area contributed by atoms with Gasteiger partial charge in [-0.15, -0.1) is 0 Å². The number of carbonyl (C=O) groups is 2. The lowest BCUT2D eigenvalue weighted by molar-refractivity contribution is -0.141. The van der Waals surface area contributed by atoms with E-state index in [1.54, 1.807) is 12.0 Å². The van der Waals surface area contributed by atoms with Gasteiger partial charge in [0.2, 0.25) is 11.8 Å². The number of carbonyl (C=O) groups excluding carboxylic acids is 2. The standard InChI is InChI=1S/C26H36N2O3/c1-6-24(26(30)27-17-19(2)3)28(18-22-11-14-23(31-5)15-12-22)25(29)16-13-21-9-7-20(4)8-10-21/h7-12,14-15,19,24H,6,13,16-18H2,1-5H3,(H,27,30)/t24-/m0/s1. The second kappa shape index (κ2) is 12.1. The summed E-state index contributed by atoms with van der Waals surface area (Å²) in [4.78, 5) is 27.9. The Labute approximate surface area is 186 Å². The lowest BCUT2D eigenvalue weighted by Crippen LogP contribution is -2.49. The van der Waals surface area contributed by atoms with Crippen molar-refractivity contribution in [2.45, 2.75) is 59.5 Å². The zero-order chi connectivity index (χ0) is 22.8. The largest absolute Gasteiger partial charge is 0.497 e. The van der Waals surface area contributed by atoms with Gasteiger partial charge in [-0.3, -0.25) is 9.59 Å². The van der Waals surface area contributed by atoms with Gasteiger partial charge >= 0.3 is 0 Å². The van der Waals surface area contributed by atoms with Crippen LogP contribution >= 0.6 is 0 Å². The van der Waals surface area contributed by atoms with Gasteiger partial charge in [0.05, 0.1) is 7.11 Å². The molecule has 1 N–H and O–H groups in total. The monoisotopic (exact) mass is 424 g/mol. The summed E-state index contributed by atoms with van der Waals surface area (Å²) in [6.07, 6.45) is 1.59. The minimum atomic E-state index is -0.494. The lowest BCUT2D eigenvalue weighted by Gasteiger charge is -2.31. The third-order valence-corrected chi connectivity index (χ3v) is 5.33. The summed E-state index contributed by atoms with van der Waals surface area (Å²) in [7, 11) is 1.63. The molecule has 168 valence electrons. The van der Waals surface area contributed by atoms with Crippen molar-refractivity contribution in [3.8, 4) is 5.75 Å². The highest BCUT2D eigenvalue weighted by atomic mass is 16.5. The van der Waals surface area contributed by atoms with E-state index in [-0.39, 0.29) is 11.8 Å². The van der Waals surface area contributed by atoms with Crippen molar-refractivity contribution in [1.82, 2.24) is 10.2 Å². The maximum atomic E-state index is 13.3. The van der Waals surface area contributed by atoms with Gasteiger partial charge in [0.15, 0.2) is 0 Å². The van der Waals surface area contributed by atoms with Crippen LogP contribution in [0, 0.1) is 12.8 Å². The first-order chi connectivity index (χ1) is 14.8. The van der Waals surface area contributed by atoms with Crippen molar-refractivity contribution in [1.29, 1.82) is 0 Å². The molecule has 0 saturated carbocycles. The molecule has 31 heavy (non-hydrogen) atoms. The average Bonchev–Trinajstić information content (AvgIpc) is 2.77. The number of aryl methyl sites for hydroxylation is 2. The molecule has 0 aliphatic heterocycles. The van der Waals surface area contributed by atoms with Gasteiger partial charge in [-0.2, -0.15) is 0 Å². The summed E-state index contributed by atoms with van der Waals surface area (Å²) in [5.41, 5.74) is 3.30. The van der Waals surface area contributed by atoms with E-state index in [2.05, 4.69) is 43.4 Å². The summed E-state index contributed by atoms with van der Waals surface area (Å²) >= 11 is 0. The molecule has 1 atom stereocenters. The zero-order valence-electron chi connectivity index (χ0n) is 19.5. The first-order valence-corrected chi connectivity index (χ1v) is 11.1. The van der Waals surface area contributed by atoms with E-state index in [4.69, 9.17) is 4.74 Å². The van der Waals surface area contributed by atoms with Gasteiger partial charge in [0.25, 0.3) is 0 Å². The van der Waals surface area contributed by atoms with Crippen LogP contribution in [0.2, 0.25) is 0 Å². The molecule has 0 radical (unpaired) electrons. The maximum Gasteiger partial charge on any atom is 0.242 e. The van der Waals surface area contributed by atoms with Crippen molar-refractivity contribution in [2.24, 2.45) is 5.92 Å². The summed E-state index contributed by atoms with van der Waals surface area (Å²) in [5, 5.41) is 3.00. The van der Waals surface area contributed by atoms with Gasteiger partial charge in [0.1, 0.15) is 11.8 Å². The topological polar surface area (TPSA) is 58.6 Å².